The molecule has 0 saturated heterocycles. The van der Waals surface area contributed by atoms with Crippen LogP contribution in [0.2, 0.25) is 0 Å². The second kappa shape index (κ2) is 12.8. The predicted octanol–water partition coefficient (Wildman–Crippen LogP) is 5.92. The molecule has 0 aromatic heterocycles. The molecule has 0 saturated carbocycles. The molecule has 0 bridgehead atoms. The summed E-state index contributed by atoms with van der Waals surface area (Å²) < 4.78 is 39.8. The monoisotopic (exact) mass is 564 g/mol. The maximum absolute atomic E-state index is 11.1. The molecule has 0 amide bonds. The van der Waals surface area contributed by atoms with Gasteiger partial charge in [-0.25, -0.2) is 0 Å². The fraction of sp³-hybridized carbons (Fsp3) is 0.133. The van der Waals surface area contributed by atoms with Crippen LogP contribution in [0.1, 0.15) is 25.0 Å². The van der Waals surface area contributed by atoms with E-state index in [0.29, 0.717) is 11.5 Å². The molecule has 0 radical (unpaired) electrons. The molecule has 4 aromatic rings. The van der Waals surface area contributed by atoms with Crippen LogP contribution in [-0.2, 0) is 19.7 Å². The Morgan fingerprint density at radius 3 is 1.51 bits per heavy atom. The third kappa shape index (κ3) is 8.32. The smallest absolute Gasteiger partial charge is 0.308 e. The molecule has 9 heteroatoms. The molecular weight excluding hydrogens is 535 g/mol. The van der Waals surface area contributed by atoms with Crippen molar-refractivity contribution >= 4 is 36.6 Å². The van der Waals surface area contributed by atoms with Gasteiger partial charge in [-0.05, 0) is 83.4 Å². The third-order valence-corrected chi connectivity index (χ3v) is 6.92. The summed E-state index contributed by atoms with van der Waals surface area (Å²) in [5.74, 6) is 0.345. The molecule has 1 unspecified atom stereocenters. The van der Waals surface area contributed by atoms with E-state index < -0.39 is 10.1 Å². The van der Waals surface area contributed by atoms with Gasteiger partial charge in [0.15, 0.2) is 0 Å². The number of hydrogen-bond acceptors (Lipinski definition) is 6. The number of benzene rings is 4. The topological polar surface area (TPSA) is 107 Å². The van der Waals surface area contributed by atoms with Crippen LogP contribution in [0.3, 0.4) is 0 Å². The molecule has 1 N–H and O–H groups in total. The lowest BCUT2D eigenvalue weighted by molar-refractivity contribution is -0.132. The Morgan fingerprint density at radius 1 is 0.667 bits per heavy atom. The van der Waals surface area contributed by atoms with E-state index in [0.717, 1.165) is 38.7 Å². The molecule has 7 nitrogen and oxygen atoms in total. The van der Waals surface area contributed by atoms with Gasteiger partial charge in [0.2, 0.25) is 0 Å². The number of esters is 2. The summed E-state index contributed by atoms with van der Waals surface area (Å²) in [5.41, 5.74) is 6.31. The van der Waals surface area contributed by atoms with Gasteiger partial charge in [-0.1, -0.05) is 54.1 Å². The molecular formula is C30H29O7PS. The minimum absolute atomic E-state index is 0.0666. The number of carbonyl (C=O) groups excluding carboxylic acids is 2. The molecule has 0 aliphatic rings. The van der Waals surface area contributed by atoms with Crippen LogP contribution in [0.15, 0.2) is 89.8 Å². The molecule has 39 heavy (non-hydrogen) atoms. The van der Waals surface area contributed by atoms with Crippen LogP contribution < -0.4 is 14.8 Å². The Hall–Kier alpha value is -3.84. The second-order valence-corrected chi connectivity index (χ2v) is 10.8. The average molecular weight is 565 g/mol. The van der Waals surface area contributed by atoms with Crippen molar-refractivity contribution < 1.29 is 32.0 Å². The third-order valence-electron chi connectivity index (χ3n) is 5.57. The molecule has 202 valence electrons. The lowest BCUT2D eigenvalue weighted by atomic mass is 9.91. The Morgan fingerprint density at radius 2 is 1.10 bits per heavy atom. The fourth-order valence-corrected chi connectivity index (χ4v) is 4.71. The quantitative estimate of drug-likeness (QED) is 0.139. The van der Waals surface area contributed by atoms with Gasteiger partial charge >= 0.3 is 11.9 Å². The second-order valence-electron chi connectivity index (χ2n) is 8.75. The highest BCUT2D eigenvalue weighted by molar-refractivity contribution is 7.85. The van der Waals surface area contributed by atoms with Crippen molar-refractivity contribution in [3.05, 3.63) is 96.1 Å². The summed E-state index contributed by atoms with van der Waals surface area (Å²) in [7, 11) is -1.24. The van der Waals surface area contributed by atoms with E-state index >= 15 is 0 Å². The first-order chi connectivity index (χ1) is 18.3. The number of ether oxygens (including phenoxy) is 2. The predicted molar refractivity (Wildman–Crippen MR) is 155 cm³/mol. The first kappa shape index (κ1) is 29.7. The fourth-order valence-electron chi connectivity index (χ4n) is 3.83. The minimum Gasteiger partial charge on any atom is -0.427 e. The summed E-state index contributed by atoms with van der Waals surface area (Å²) in [4.78, 5) is 22.2. The molecule has 0 spiro atoms. The molecule has 0 aliphatic heterocycles. The Balaban J connectivity index is 0.000000320. The van der Waals surface area contributed by atoms with E-state index in [2.05, 4.69) is 28.3 Å². The first-order valence-corrected chi connectivity index (χ1v) is 13.9. The lowest BCUT2D eigenvalue weighted by Crippen LogP contribution is -2.04. The molecule has 0 aliphatic carbocycles. The zero-order chi connectivity index (χ0) is 28.7. The van der Waals surface area contributed by atoms with Crippen molar-refractivity contribution in [2.45, 2.75) is 32.6 Å². The van der Waals surface area contributed by atoms with Gasteiger partial charge in [-0.3, -0.25) is 14.1 Å². The molecule has 0 heterocycles. The maximum Gasteiger partial charge on any atom is 0.308 e. The Labute approximate surface area is 230 Å². The van der Waals surface area contributed by atoms with Crippen molar-refractivity contribution in [3.8, 4) is 33.8 Å². The van der Waals surface area contributed by atoms with Gasteiger partial charge in [-0.2, -0.15) is 8.42 Å². The van der Waals surface area contributed by atoms with E-state index in [4.69, 9.17) is 14.0 Å². The number of aryl methyl sites for hydroxylation is 2. The Bertz CT molecular complexity index is 1490. The highest BCUT2D eigenvalue weighted by Gasteiger charge is 2.14. The van der Waals surface area contributed by atoms with Gasteiger partial charge in [0.05, 0.1) is 4.90 Å². The number of carbonyl (C=O) groups is 2. The summed E-state index contributed by atoms with van der Waals surface area (Å²) >= 11 is 0. The van der Waals surface area contributed by atoms with Gasteiger partial charge in [-0.15, -0.1) is 9.24 Å². The zero-order valence-corrected chi connectivity index (χ0v) is 23.9. The highest BCUT2D eigenvalue weighted by Crippen LogP contribution is 2.36. The zero-order valence-electron chi connectivity index (χ0n) is 22.0. The van der Waals surface area contributed by atoms with Gasteiger partial charge in [0, 0.05) is 13.8 Å². The van der Waals surface area contributed by atoms with Crippen LogP contribution in [0, 0.1) is 13.8 Å². The van der Waals surface area contributed by atoms with E-state index in [1.54, 1.807) is 36.4 Å². The maximum atomic E-state index is 11.1. The Kier molecular flexibility index (Phi) is 9.76. The highest BCUT2D eigenvalue weighted by atomic mass is 32.2. The average Bonchev–Trinajstić information content (AvgIpc) is 2.86. The van der Waals surface area contributed by atoms with Crippen LogP contribution in [0.4, 0.5) is 0 Å². The summed E-state index contributed by atoms with van der Waals surface area (Å²) in [5, 5.41) is 1.06. The van der Waals surface area contributed by atoms with E-state index in [1.807, 2.05) is 31.2 Å². The van der Waals surface area contributed by atoms with Crippen molar-refractivity contribution in [3.63, 3.8) is 0 Å². The van der Waals surface area contributed by atoms with Crippen LogP contribution in [-0.4, -0.2) is 24.9 Å². The van der Waals surface area contributed by atoms with Crippen LogP contribution >= 0.6 is 9.24 Å². The summed E-state index contributed by atoms with van der Waals surface area (Å²) in [6.45, 7) is 6.67. The summed E-state index contributed by atoms with van der Waals surface area (Å²) in [6, 6.07) is 25.1. The molecule has 4 aromatic carbocycles. The van der Waals surface area contributed by atoms with Gasteiger partial charge < -0.3 is 9.47 Å². The molecule has 4 rings (SSSR count). The number of rotatable bonds is 5. The molecule has 0 fully saturated rings. The lowest BCUT2D eigenvalue weighted by Gasteiger charge is -2.17. The van der Waals surface area contributed by atoms with Gasteiger partial charge in [0.1, 0.15) is 11.5 Å². The SMILES string of the molecule is CC(=O)Oc1ccc(-c2c(C)ccc(P)c2-c2ccc(OC(C)=O)cc2)cc1.Cc1ccc(S(=O)(=O)O)cc1. The normalized spacial score (nSPS) is 10.7. The van der Waals surface area contributed by atoms with Crippen molar-refractivity contribution in [1.29, 1.82) is 0 Å². The minimum atomic E-state index is -4.02. The largest absolute Gasteiger partial charge is 0.427 e. The van der Waals surface area contributed by atoms with E-state index in [1.165, 1.54) is 26.0 Å². The van der Waals surface area contributed by atoms with Crippen molar-refractivity contribution in [2.24, 2.45) is 0 Å². The van der Waals surface area contributed by atoms with Crippen LogP contribution in [0.5, 0.6) is 11.5 Å². The van der Waals surface area contributed by atoms with Crippen LogP contribution in [0.25, 0.3) is 22.3 Å². The standard InChI is InChI=1S/C23H21O4P.C7H8O3S/c1-14-4-13-21(28)23(18-7-11-20(12-8-18)27-16(3)25)22(14)17-5-9-19(10-6-17)26-15(2)24;1-6-2-4-7(5-3-6)11(8,9)10/h4-13H,28H2,1-3H3;2-5H,1H3,(H,8,9,10). The number of hydrogen-bond donors (Lipinski definition) is 1. The molecule has 1 atom stereocenters. The van der Waals surface area contributed by atoms with Crippen molar-refractivity contribution in [1.82, 2.24) is 0 Å². The first-order valence-electron chi connectivity index (χ1n) is 11.9. The van der Waals surface area contributed by atoms with E-state index in [-0.39, 0.29) is 16.8 Å². The van der Waals surface area contributed by atoms with Crippen molar-refractivity contribution in [2.75, 3.05) is 0 Å². The summed E-state index contributed by atoms with van der Waals surface area (Å²) in [6.07, 6.45) is 0. The van der Waals surface area contributed by atoms with E-state index in [9.17, 15) is 18.0 Å². The van der Waals surface area contributed by atoms with Gasteiger partial charge in [0.25, 0.3) is 10.1 Å².